The molecule has 1 fully saturated rings. The number of carbonyl (C=O) groups is 1. The van der Waals surface area contributed by atoms with Crippen LogP contribution in [0.15, 0.2) is 60.8 Å². The van der Waals surface area contributed by atoms with Crippen molar-refractivity contribution in [1.29, 1.82) is 0 Å². The fraction of sp³-hybridized carbons (Fsp3) is 0.560. The van der Waals surface area contributed by atoms with E-state index in [1.807, 2.05) is 24.3 Å². The fourth-order valence-corrected chi connectivity index (χ4v) is 2.77. The molecule has 2 N–H and O–H groups in total. The van der Waals surface area contributed by atoms with Crippen molar-refractivity contribution in [3.8, 4) is 0 Å². The Labute approximate surface area is 176 Å². The molecule has 4 heteroatoms. The van der Waals surface area contributed by atoms with Gasteiger partial charge in [0.2, 0.25) is 0 Å². The Morgan fingerprint density at radius 1 is 1.00 bits per heavy atom. The summed E-state index contributed by atoms with van der Waals surface area (Å²) in [6.45, 7) is 2.21. The monoisotopic (exact) mass is 402 g/mol. The van der Waals surface area contributed by atoms with E-state index >= 15 is 0 Å². The summed E-state index contributed by atoms with van der Waals surface area (Å²) in [7, 11) is 0. The zero-order valence-electron chi connectivity index (χ0n) is 17.8. The molecule has 1 aliphatic heterocycles. The molecule has 0 radical (unpaired) electrons. The van der Waals surface area contributed by atoms with E-state index in [1.165, 1.54) is 0 Å². The molecule has 1 saturated heterocycles. The number of hydrogen-bond acceptors (Lipinski definition) is 4. The van der Waals surface area contributed by atoms with Gasteiger partial charge in [-0.2, -0.15) is 0 Å². The van der Waals surface area contributed by atoms with Gasteiger partial charge in [0.25, 0.3) is 0 Å². The van der Waals surface area contributed by atoms with Crippen molar-refractivity contribution in [2.45, 2.75) is 83.0 Å². The first-order valence-electron chi connectivity index (χ1n) is 10.9. The molecule has 0 saturated carbocycles. The van der Waals surface area contributed by atoms with Crippen LogP contribution >= 0.6 is 0 Å². The Balaban J connectivity index is 2.01. The van der Waals surface area contributed by atoms with E-state index in [9.17, 15) is 9.90 Å². The van der Waals surface area contributed by atoms with Crippen LogP contribution in [-0.2, 0) is 9.53 Å². The molecule has 0 aliphatic carbocycles. The Morgan fingerprint density at radius 2 is 1.72 bits per heavy atom. The lowest BCUT2D eigenvalue weighted by Gasteiger charge is -1.99. The first-order valence-corrected chi connectivity index (χ1v) is 10.9. The second-order valence-electron chi connectivity index (χ2n) is 7.23. The number of allylic oxidation sites excluding steroid dienone is 6. The molecule has 0 aromatic carbocycles. The molecule has 3 atom stereocenters. The Morgan fingerprint density at radius 3 is 2.45 bits per heavy atom. The van der Waals surface area contributed by atoms with Gasteiger partial charge < -0.3 is 14.9 Å². The third kappa shape index (κ3) is 14.8. The molecular formula is C25H38O4. The molecule has 29 heavy (non-hydrogen) atoms. The van der Waals surface area contributed by atoms with Gasteiger partial charge in [-0.3, -0.25) is 4.79 Å². The maximum absolute atomic E-state index is 11.4. The average molecular weight is 403 g/mol. The molecule has 0 bridgehead atoms. The van der Waals surface area contributed by atoms with E-state index in [2.05, 4.69) is 43.4 Å². The van der Waals surface area contributed by atoms with Crippen LogP contribution in [0.1, 0.15) is 64.7 Å². The highest BCUT2D eigenvalue weighted by Gasteiger charge is 2.34. The molecule has 1 rings (SSSR count). The minimum Gasteiger partial charge on any atom is -0.396 e. The van der Waals surface area contributed by atoms with Gasteiger partial charge in [-0.05, 0) is 44.9 Å². The normalized spacial score (nSPS) is 20.8. The highest BCUT2D eigenvalue weighted by Crippen LogP contribution is 2.27. The van der Waals surface area contributed by atoms with Crippen molar-refractivity contribution in [3.63, 3.8) is 0 Å². The summed E-state index contributed by atoms with van der Waals surface area (Å²) in [6, 6.07) is 0. The number of hydrogen-bond donors (Lipinski definition) is 2. The highest BCUT2D eigenvalue weighted by atomic mass is 16.6. The molecule has 1 aliphatic rings. The van der Waals surface area contributed by atoms with Crippen molar-refractivity contribution in [2.24, 2.45) is 0 Å². The molecule has 0 amide bonds. The second-order valence-corrected chi connectivity index (χ2v) is 7.23. The number of ether oxygens (including phenoxy) is 1. The Hall–Kier alpha value is -1.75. The van der Waals surface area contributed by atoms with Crippen LogP contribution in [-0.4, -0.2) is 40.9 Å². The number of aliphatic hydroxyl groups is 2. The SMILES string of the molecule is CC/C=C\CC1OC1/C=C/C(O)C/C=C\C/C=C\C/C=C\CCC(=O)CCCO. The quantitative estimate of drug-likeness (QED) is 0.266. The molecule has 0 spiro atoms. The van der Waals surface area contributed by atoms with Gasteiger partial charge in [-0.25, -0.2) is 0 Å². The highest BCUT2D eigenvalue weighted by molar-refractivity contribution is 5.78. The Bertz CT molecular complexity index is 571. The smallest absolute Gasteiger partial charge is 0.133 e. The average Bonchev–Trinajstić information content (AvgIpc) is 3.47. The van der Waals surface area contributed by atoms with Gasteiger partial charge in [0.1, 0.15) is 11.9 Å². The van der Waals surface area contributed by atoms with Crippen LogP contribution in [0.5, 0.6) is 0 Å². The minimum atomic E-state index is -0.464. The topological polar surface area (TPSA) is 70.1 Å². The standard InChI is InChI=1S/C25H38O4/c1-2-3-11-18-24-25(29-24)20-19-23(28)16-13-10-8-6-4-5-7-9-12-15-22(27)17-14-21-26/h3-4,6-7,9-11,13,19-20,23-26,28H,2,5,8,12,14-18,21H2,1H3/b6-4-,9-7-,11-3-,13-10-,20-19+. The molecule has 1 heterocycles. The molecule has 0 aromatic heterocycles. The fourth-order valence-electron chi connectivity index (χ4n) is 2.77. The lowest BCUT2D eigenvalue weighted by molar-refractivity contribution is -0.119. The van der Waals surface area contributed by atoms with Crippen LogP contribution < -0.4 is 0 Å². The summed E-state index contributed by atoms with van der Waals surface area (Å²) in [5.74, 6) is 0.218. The summed E-state index contributed by atoms with van der Waals surface area (Å²) in [5.41, 5.74) is 0. The van der Waals surface area contributed by atoms with E-state index in [0.717, 1.165) is 32.1 Å². The first-order chi connectivity index (χ1) is 14.2. The molecule has 162 valence electrons. The van der Waals surface area contributed by atoms with E-state index in [0.29, 0.717) is 25.7 Å². The maximum atomic E-state index is 11.4. The third-order valence-corrected chi connectivity index (χ3v) is 4.54. The Kier molecular flexibility index (Phi) is 14.9. The zero-order chi connectivity index (χ0) is 21.2. The summed E-state index contributed by atoms with van der Waals surface area (Å²) in [6.07, 6.45) is 27.1. The number of rotatable bonds is 17. The van der Waals surface area contributed by atoms with Gasteiger partial charge in [-0.15, -0.1) is 0 Å². The minimum absolute atomic E-state index is 0.0868. The summed E-state index contributed by atoms with van der Waals surface area (Å²) < 4.78 is 5.54. The number of epoxide rings is 1. The number of Topliss-reactive ketones (excluding diaryl/α,β-unsaturated/α-hetero) is 1. The number of carbonyl (C=O) groups excluding carboxylic acids is 1. The van der Waals surface area contributed by atoms with Crippen molar-refractivity contribution in [3.05, 3.63) is 60.8 Å². The van der Waals surface area contributed by atoms with Crippen molar-refractivity contribution in [2.75, 3.05) is 6.61 Å². The maximum Gasteiger partial charge on any atom is 0.133 e. The van der Waals surface area contributed by atoms with E-state index < -0.39 is 6.10 Å². The van der Waals surface area contributed by atoms with Crippen LogP contribution in [0.2, 0.25) is 0 Å². The van der Waals surface area contributed by atoms with Crippen LogP contribution in [0, 0.1) is 0 Å². The lowest BCUT2D eigenvalue weighted by atomic mass is 10.1. The van der Waals surface area contributed by atoms with Crippen molar-refractivity contribution < 1.29 is 19.7 Å². The first kappa shape index (κ1) is 25.3. The second kappa shape index (κ2) is 17.1. The largest absolute Gasteiger partial charge is 0.396 e. The van der Waals surface area contributed by atoms with Gasteiger partial charge in [-0.1, -0.05) is 67.7 Å². The lowest BCUT2D eigenvalue weighted by Crippen LogP contribution is -2.00. The third-order valence-electron chi connectivity index (χ3n) is 4.54. The zero-order valence-corrected chi connectivity index (χ0v) is 17.8. The van der Waals surface area contributed by atoms with Crippen molar-refractivity contribution >= 4 is 5.78 Å². The number of aliphatic hydroxyl groups excluding tert-OH is 2. The van der Waals surface area contributed by atoms with Crippen LogP contribution in [0.25, 0.3) is 0 Å². The van der Waals surface area contributed by atoms with Gasteiger partial charge in [0.15, 0.2) is 0 Å². The molecule has 4 nitrogen and oxygen atoms in total. The van der Waals surface area contributed by atoms with E-state index in [-0.39, 0.29) is 24.6 Å². The predicted molar refractivity (Wildman–Crippen MR) is 120 cm³/mol. The number of ketones is 1. The van der Waals surface area contributed by atoms with E-state index in [4.69, 9.17) is 9.84 Å². The summed E-state index contributed by atoms with van der Waals surface area (Å²) in [5, 5.41) is 18.6. The molecular weight excluding hydrogens is 364 g/mol. The van der Waals surface area contributed by atoms with E-state index in [1.54, 1.807) is 0 Å². The van der Waals surface area contributed by atoms with Gasteiger partial charge in [0, 0.05) is 19.4 Å². The van der Waals surface area contributed by atoms with Gasteiger partial charge >= 0.3 is 0 Å². The predicted octanol–water partition coefficient (Wildman–Crippen LogP) is 4.99. The van der Waals surface area contributed by atoms with Crippen molar-refractivity contribution in [1.82, 2.24) is 0 Å². The van der Waals surface area contributed by atoms with Crippen LogP contribution in [0.3, 0.4) is 0 Å². The van der Waals surface area contributed by atoms with Gasteiger partial charge in [0.05, 0.1) is 12.2 Å². The van der Waals surface area contributed by atoms with Crippen LogP contribution in [0.4, 0.5) is 0 Å². The molecule has 3 unspecified atom stereocenters. The molecule has 0 aromatic rings. The summed E-state index contributed by atoms with van der Waals surface area (Å²) >= 11 is 0. The summed E-state index contributed by atoms with van der Waals surface area (Å²) in [4.78, 5) is 11.4.